The molecule has 3 aromatic rings. The van der Waals surface area contributed by atoms with Crippen molar-refractivity contribution in [3.8, 4) is 23.6 Å². The molecule has 0 fully saturated rings. The van der Waals surface area contributed by atoms with Gasteiger partial charge in [0, 0.05) is 11.4 Å². The molecule has 0 unspecified atom stereocenters. The predicted molar refractivity (Wildman–Crippen MR) is 99.9 cm³/mol. The fourth-order valence-electron chi connectivity index (χ4n) is 2.90. The molecule has 2 heterocycles. The third-order valence-corrected chi connectivity index (χ3v) is 4.44. The number of hydrogen-bond acceptors (Lipinski definition) is 6. The van der Waals surface area contributed by atoms with E-state index in [0.717, 1.165) is 16.9 Å². The van der Waals surface area contributed by atoms with Gasteiger partial charge in [0.05, 0.1) is 12.7 Å². The zero-order valence-corrected chi connectivity index (χ0v) is 15.6. The van der Waals surface area contributed by atoms with Crippen LogP contribution < -0.4 is 10.1 Å². The van der Waals surface area contributed by atoms with Crippen LogP contribution in [0.15, 0.2) is 30.6 Å². The van der Waals surface area contributed by atoms with Crippen molar-refractivity contribution in [2.45, 2.75) is 20.4 Å². The third kappa shape index (κ3) is 3.29. The summed E-state index contributed by atoms with van der Waals surface area (Å²) in [5.41, 5.74) is 2.76. The molecular formula is C19H17N7O2. The molecule has 0 saturated heterocycles. The van der Waals surface area contributed by atoms with Crippen molar-refractivity contribution in [1.82, 2.24) is 19.3 Å². The second-order valence-corrected chi connectivity index (χ2v) is 6.02. The fraction of sp³-hybridized carbons (Fsp3) is 0.211. The third-order valence-electron chi connectivity index (χ3n) is 4.44. The largest absolute Gasteiger partial charge is 0.497 e. The summed E-state index contributed by atoms with van der Waals surface area (Å²) in [6.45, 7) is 3.56. The Labute approximate surface area is 161 Å². The van der Waals surface area contributed by atoms with E-state index in [-0.39, 0.29) is 12.4 Å². The van der Waals surface area contributed by atoms with Gasteiger partial charge in [-0.25, -0.2) is 0 Å². The van der Waals surface area contributed by atoms with Gasteiger partial charge in [0.25, 0.3) is 0 Å². The average molecular weight is 375 g/mol. The number of hydrogen-bond donors (Lipinski definition) is 1. The Bertz CT molecular complexity index is 1110. The van der Waals surface area contributed by atoms with Crippen LogP contribution in [0, 0.1) is 36.5 Å². The molecule has 0 atom stereocenters. The van der Waals surface area contributed by atoms with Gasteiger partial charge in [-0.1, -0.05) is 0 Å². The van der Waals surface area contributed by atoms with E-state index in [1.807, 2.05) is 36.6 Å². The normalized spacial score (nSPS) is 10.2. The van der Waals surface area contributed by atoms with Crippen LogP contribution in [0.1, 0.15) is 22.6 Å². The highest BCUT2D eigenvalue weighted by atomic mass is 16.5. The molecule has 2 aromatic heterocycles. The van der Waals surface area contributed by atoms with Gasteiger partial charge in [0.1, 0.15) is 36.6 Å². The fourth-order valence-corrected chi connectivity index (χ4v) is 2.90. The second kappa shape index (κ2) is 7.64. The first-order valence-corrected chi connectivity index (χ1v) is 8.34. The van der Waals surface area contributed by atoms with E-state index in [9.17, 15) is 10.1 Å². The van der Waals surface area contributed by atoms with Crippen molar-refractivity contribution in [3.05, 3.63) is 53.2 Å². The van der Waals surface area contributed by atoms with Crippen LogP contribution in [-0.2, 0) is 11.3 Å². The number of rotatable bonds is 5. The zero-order chi connectivity index (χ0) is 20.3. The molecule has 0 aliphatic carbocycles. The average Bonchev–Trinajstić information content (AvgIpc) is 3.24. The number of anilines is 1. The molecule has 1 aromatic carbocycles. The van der Waals surface area contributed by atoms with E-state index in [1.165, 1.54) is 10.9 Å². The van der Waals surface area contributed by atoms with Crippen molar-refractivity contribution in [2.24, 2.45) is 0 Å². The number of methoxy groups -OCH3 is 1. The Morgan fingerprint density at radius 1 is 1.21 bits per heavy atom. The Balaban J connectivity index is 1.99. The molecule has 3 rings (SSSR count). The summed E-state index contributed by atoms with van der Waals surface area (Å²) in [6, 6.07) is 11.3. The topological polar surface area (TPSA) is 122 Å². The molecular weight excluding hydrogens is 358 g/mol. The number of benzene rings is 1. The summed E-state index contributed by atoms with van der Waals surface area (Å²) in [6.07, 6.45) is 1.31. The van der Waals surface area contributed by atoms with Crippen LogP contribution in [0.3, 0.4) is 0 Å². The van der Waals surface area contributed by atoms with Gasteiger partial charge in [-0.05, 0) is 43.7 Å². The smallest absolute Gasteiger partial charge is 0.245 e. The maximum absolute atomic E-state index is 12.6. The van der Waals surface area contributed by atoms with Crippen molar-refractivity contribution in [3.63, 3.8) is 0 Å². The number of amides is 1. The monoisotopic (exact) mass is 375 g/mol. The summed E-state index contributed by atoms with van der Waals surface area (Å²) in [7, 11) is 1.58. The molecule has 0 radical (unpaired) electrons. The highest BCUT2D eigenvalue weighted by Crippen LogP contribution is 2.30. The van der Waals surface area contributed by atoms with E-state index in [2.05, 4.69) is 21.6 Å². The lowest BCUT2D eigenvalue weighted by Gasteiger charge is -2.14. The van der Waals surface area contributed by atoms with E-state index in [0.29, 0.717) is 17.1 Å². The highest BCUT2D eigenvalue weighted by molar-refractivity contribution is 5.92. The number of nitrogens with zero attached hydrogens (tertiary/aromatic N) is 6. The SMILES string of the molecule is COc1ccc(-n2c(C)c(C)c(C#N)c2NC(=O)Cn2cnnc2C#N)cc1. The molecule has 0 aliphatic rings. The van der Waals surface area contributed by atoms with Crippen LogP contribution in [0.5, 0.6) is 5.75 Å². The summed E-state index contributed by atoms with van der Waals surface area (Å²) in [5.74, 6) is 0.709. The first kappa shape index (κ1) is 18.7. The number of carbonyl (C=O) groups is 1. The summed E-state index contributed by atoms with van der Waals surface area (Å²) >= 11 is 0. The Morgan fingerprint density at radius 3 is 2.54 bits per heavy atom. The minimum Gasteiger partial charge on any atom is -0.497 e. The molecule has 140 valence electrons. The number of ether oxygens (including phenoxy) is 1. The minimum absolute atomic E-state index is 0.0357. The summed E-state index contributed by atoms with van der Waals surface area (Å²) < 4.78 is 8.33. The predicted octanol–water partition coefficient (Wildman–Crippen LogP) is 2.08. The standard InChI is InChI=1S/C19H17N7O2/c1-12-13(2)26(14-4-6-15(28-3)7-5-14)19(16(12)8-20)23-18(27)10-25-11-22-24-17(25)9-21/h4-7,11H,10H2,1-3H3,(H,23,27). The van der Waals surface area contributed by atoms with Gasteiger partial charge in [-0.15, -0.1) is 10.2 Å². The van der Waals surface area contributed by atoms with Gasteiger partial charge in [-0.3, -0.25) is 13.9 Å². The lowest BCUT2D eigenvalue weighted by Crippen LogP contribution is -2.21. The minimum atomic E-state index is -0.403. The number of aromatic nitrogens is 4. The van der Waals surface area contributed by atoms with Crippen LogP contribution >= 0.6 is 0 Å². The Morgan fingerprint density at radius 2 is 1.93 bits per heavy atom. The maximum atomic E-state index is 12.6. The van der Waals surface area contributed by atoms with Gasteiger partial charge < -0.3 is 10.1 Å². The molecule has 9 heteroatoms. The molecule has 0 spiro atoms. The van der Waals surface area contributed by atoms with Gasteiger partial charge in [0.15, 0.2) is 0 Å². The lowest BCUT2D eigenvalue weighted by molar-refractivity contribution is -0.116. The summed E-state index contributed by atoms with van der Waals surface area (Å²) in [5, 5.41) is 28.7. The summed E-state index contributed by atoms with van der Waals surface area (Å²) in [4.78, 5) is 12.6. The van der Waals surface area contributed by atoms with Gasteiger partial charge >= 0.3 is 0 Å². The van der Waals surface area contributed by atoms with Gasteiger partial charge in [-0.2, -0.15) is 10.5 Å². The van der Waals surface area contributed by atoms with E-state index >= 15 is 0 Å². The second-order valence-electron chi connectivity index (χ2n) is 6.02. The molecule has 0 bridgehead atoms. The van der Waals surface area contributed by atoms with Crippen molar-refractivity contribution in [2.75, 3.05) is 12.4 Å². The molecule has 9 nitrogen and oxygen atoms in total. The zero-order valence-electron chi connectivity index (χ0n) is 15.6. The van der Waals surface area contributed by atoms with E-state index < -0.39 is 5.91 Å². The van der Waals surface area contributed by atoms with Gasteiger partial charge in [0.2, 0.25) is 11.7 Å². The van der Waals surface area contributed by atoms with Crippen LogP contribution in [0.2, 0.25) is 0 Å². The molecule has 0 aliphatic heterocycles. The lowest BCUT2D eigenvalue weighted by atomic mass is 10.2. The highest BCUT2D eigenvalue weighted by Gasteiger charge is 2.21. The molecule has 28 heavy (non-hydrogen) atoms. The van der Waals surface area contributed by atoms with E-state index in [4.69, 9.17) is 10.00 Å². The van der Waals surface area contributed by atoms with Crippen molar-refractivity contribution in [1.29, 1.82) is 10.5 Å². The molecule has 1 amide bonds. The van der Waals surface area contributed by atoms with Crippen LogP contribution in [0.4, 0.5) is 5.82 Å². The number of carbonyl (C=O) groups excluding carboxylic acids is 1. The number of nitriles is 2. The Kier molecular flexibility index (Phi) is 5.10. The number of nitrogens with one attached hydrogen (secondary N) is 1. The maximum Gasteiger partial charge on any atom is 0.245 e. The van der Waals surface area contributed by atoms with Crippen molar-refractivity contribution >= 4 is 11.7 Å². The Hall–Kier alpha value is -4.11. The van der Waals surface area contributed by atoms with Crippen LogP contribution in [-0.4, -0.2) is 32.3 Å². The van der Waals surface area contributed by atoms with E-state index in [1.54, 1.807) is 19.2 Å². The van der Waals surface area contributed by atoms with Crippen molar-refractivity contribution < 1.29 is 9.53 Å². The molecule has 1 N–H and O–H groups in total. The van der Waals surface area contributed by atoms with Crippen LogP contribution in [0.25, 0.3) is 5.69 Å². The molecule has 0 saturated carbocycles. The first-order chi connectivity index (χ1) is 13.5. The first-order valence-electron chi connectivity index (χ1n) is 8.34. The quantitative estimate of drug-likeness (QED) is 0.728.